The van der Waals surface area contributed by atoms with E-state index in [4.69, 9.17) is 0 Å². The molecule has 1 aliphatic rings. The number of rotatable bonds is 1. The van der Waals surface area contributed by atoms with Crippen molar-refractivity contribution in [2.75, 3.05) is 0 Å². The minimum Gasteiger partial charge on any atom is -0.381 e. The Labute approximate surface area is 97.6 Å². The summed E-state index contributed by atoms with van der Waals surface area (Å²) in [7, 11) is 0. The fourth-order valence-electron chi connectivity index (χ4n) is 2.04. The lowest BCUT2D eigenvalue weighted by Gasteiger charge is -2.28. The van der Waals surface area contributed by atoms with Crippen LogP contribution in [0.2, 0.25) is 0 Å². The summed E-state index contributed by atoms with van der Waals surface area (Å²) in [5, 5.41) is 10.3. The molecule has 1 nitrogen and oxygen atoms in total. The van der Waals surface area contributed by atoms with Gasteiger partial charge in [-0.1, -0.05) is 24.3 Å². The van der Waals surface area contributed by atoms with Crippen molar-refractivity contribution in [1.29, 1.82) is 0 Å². The molecule has 1 aromatic rings. The maximum absolute atomic E-state index is 12.4. The maximum Gasteiger partial charge on any atom is 0.416 e. The number of halogens is 3. The summed E-state index contributed by atoms with van der Waals surface area (Å²) < 4.78 is 37.1. The number of benzene rings is 1. The lowest BCUT2D eigenvalue weighted by Crippen LogP contribution is -2.24. The zero-order chi connectivity index (χ0) is 12.5. The van der Waals surface area contributed by atoms with Gasteiger partial charge in [0, 0.05) is 0 Å². The van der Waals surface area contributed by atoms with Gasteiger partial charge in [-0.25, -0.2) is 0 Å². The monoisotopic (exact) mass is 242 g/mol. The quantitative estimate of drug-likeness (QED) is 0.745. The Morgan fingerprint density at radius 1 is 1.12 bits per heavy atom. The Kier molecular flexibility index (Phi) is 3.00. The molecule has 92 valence electrons. The van der Waals surface area contributed by atoms with E-state index < -0.39 is 17.3 Å². The molecule has 0 aromatic heterocycles. The molecular formula is C13H13F3O. The third-order valence-electron chi connectivity index (χ3n) is 3.03. The van der Waals surface area contributed by atoms with E-state index >= 15 is 0 Å². The summed E-state index contributed by atoms with van der Waals surface area (Å²) in [5.74, 6) is 0. The minimum atomic E-state index is -4.33. The van der Waals surface area contributed by atoms with Gasteiger partial charge in [-0.3, -0.25) is 0 Å². The van der Waals surface area contributed by atoms with Crippen molar-refractivity contribution in [1.82, 2.24) is 0 Å². The molecule has 0 fully saturated rings. The highest BCUT2D eigenvalue weighted by Gasteiger charge is 2.32. The number of hydrogen-bond acceptors (Lipinski definition) is 1. The van der Waals surface area contributed by atoms with Gasteiger partial charge < -0.3 is 5.11 Å². The van der Waals surface area contributed by atoms with Crippen molar-refractivity contribution in [2.24, 2.45) is 0 Å². The first-order chi connectivity index (χ1) is 7.92. The molecule has 17 heavy (non-hydrogen) atoms. The predicted octanol–water partition coefficient (Wildman–Crippen LogP) is 3.63. The molecule has 0 radical (unpaired) electrons. The van der Waals surface area contributed by atoms with E-state index in [2.05, 4.69) is 0 Å². The normalized spacial score (nSPS) is 24.9. The summed E-state index contributed by atoms with van der Waals surface area (Å²) in [6.07, 6.45) is 1.50. The van der Waals surface area contributed by atoms with Gasteiger partial charge in [0.05, 0.1) is 5.56 Å². The molecule has 2 rings (SSSR count). The van der Waals surface area contributed by atoms with Crippen LogP contribution in [-0.4, -0.2) is 5.11 Å². The zero-order valence-electron chi connectivity index (χ0n) is 9.17. The molecule has 0 saturated heterocycles. The maximum atomic E-state index is 12.4. The van der Waals surface area contributed by atoms with Crippen molar-refractivity contribution in [2.45, 2.75) is 31.0 Å². The molecule has 1 aromatic carbocycles. The fraction of sp³-hybridized carbons (Fsp3) is 0.385. The second kappa shape index (κ2) is 4.18. The highest BCUT2D eigenvalue weighted by atomic mass is 19.4. The average Bonchev–Trinajstić information content (AvgIpc) is 2.29. The topological polar surface area (TPSA) is 20.2 Å². The largest absolute Gasteiger partial charge is 0.416 e. The van der Waals surface area contributed by atoms with Gasteiger partial charge in [-0.15, -0.1) is 0 Å². The first-order valence-corrected chi connectivity index (χ1v) is 5.50. The Hall–Kier alpha value is -1.29. The predicted molar refractivity (Wildman–Crippen MR) is 58.3 cm³/mol. The third kappa shape index (κ3) is 2.52. The number of allylic oxidation sites excluding steroid dienone is 1. The molecule has 1 aliphatic carbocycles. The number of hydrogen-bond donors (Lipinski definition) is 1. The van der Waals surface area contributed by atoms with E-state index in [9.17, 15) is 18.3 Å². The molecule has 0 amide bonds. The van der Waals surface area contributed by atoms with Crippen LogP contribution in [0.3, 0.4) is 0 Å². The molecular weight excluding hydrogens is 229 g/mol. The van der Waals surface area contributed by atoms with E-state index in [-0.39, 0.29) is 0 Å². The van der Waals surface area contributed by atoms with Crippen molar-refractivity contribution in [3.63, 3.8) is 0 Å². The van der Waals surface area contributed by atoms with E-state index in [1.807, 2.05) is 6.08 Å². The second-order valence-corrected chi connectivity index (χ2v) is 4.29. The molecule has 0 spiro atoms. The summed E-state index contributed by atoms with van der Waals surface area (Å²) in [4.78, 5) is 0. The number of aliphatic hydroxyl groups is 1. The van der Waals surface area contributed by atoms with Crippen LogP contribution in [0.1, 0.15) is 30.4 Å². The van der Waals surface area contributed by atoms with Crippen molar-refractivity contribution in [3.8, 4) is 0 Å². The highest BCUT2D eigenvalue weighted by Crippen LogP contribution is 2.35. The van der Waals surface area contributed by atoms with Gasteiger partial charge in [0.15, 0.2) is 0 Å². The lowest BCUT2D eigenvalue weighted by molar-refractivity contribution is -0.137. The standard InChI is InChI=1S/C13H13F3O/c14-13(15,16)11-6-4-10(5-7-11)12(17)8-2-1-3-9-12/h2,4-8,17H,1,3,9H2. The molecule has 1 N–H and O–H groups in total. The van der Waals surface area contributed by atoms with Gasteiger partial charge in [-0.2, -0.15) is 13.2 Å². The summed E-state index contributed by atoms with van der Waals surface area (Å²) >= 11 is 0. The molecule has 0 aliphatic heterocycles. The number of alkyl halides is 3. The van der Waals surface area contributed by atoms with Crippen LogP contribution < -0.4 is 0 Å². The minimum absolute atomic E-state index is 0.515. The molecule has 0 heterocycles. The first kappa shape index (κ1) is 12.2. The summed E-state index contributed by atoms with van der Waals surface area (Å²) in [6.45, 7) is 0. The Balaban J connectivity index is 2.29. The van der Waals surface area contributed by atoms with E-state index in [1.165, 1.54) is 12.1 Å². The summed E-state index contributed by atoms with van der Waals surface area (Å²) in [6, 6.07) is 4.71. The van der Waals surface area contributed by atoms with Crippen LogP contribution in [0.4, 0.5) is 13.2 Å². The Bertz CT molecular complexity index is 419. The van der Waals surface area contributed by atoms with Crippen LogP contribution in [0.5, 0.6) is 0 Å². The van der Waals surface area contributed by atoms with E-state index in [0.717, 1.165) is 25.0 Å². The van der Waals surface area contributed by atoms with Crippen molar-refractivity contribution in [3.05, 3.63) is 47.5 Å². The van der Waals surface area contributed by atoms with Gasteiger partial charge in [-0.05, 0) is 37.0 Å². The Morgan fingerprint density at radius 3 is 2.24 bits per heavy atom. The summed E-state index contributed by atoms with van der Waals surface area (Å²) in [5.41, 5.74) is -1.28. The average molecular weight is 242 g/mol. The first-order valence-electron chi connectivity index (χ1n) is 5.50. The van der Waals surface area contributed by atoms with Gasteiger partial charge in [0.25, 0.3) is 0 Å². The molecule has 1 atom stereocenters. The van der Waals surface area contributed by atoms with Gasteiger partial charge in [0.2, 0.25) is 0 Å². The Morgan fingerprint density at radius 2 is 1.76 bits per heavy atom. The molecule has 1 unspecified atom stereocenters. The SMILES string of the molecule is OC1(c2ccc(C(F)(F)F)cc2)C=CCCC1. The van der Waals surface area contributed by atoms with E-state index in [0.29, 0.717) is 12.0 Å². The third-order valence-corrected chi connectivity index (χ3v) is 3.03. The lowest BCUT2D eigenvalue weighted by atomic mass is 9.84. The van der Waals surface area contributed by atoms with Gasteiger partial charge >= 0.3 is 6.18 Å². The fourth-order valence-corrected chi connectivity index (χ4v) is 2.04. The molecule has 0 saturated carbocycles. The van der Waals surface area contributed by atoms with Crippen LogP contribution in [0.15, 0.2) is 36.4 Å². The van der Waals surface area contributed by atoms with Crippen molar-refractivity contribution < 1.29 is 18.3 Å². The highest BCUT2D eigenvalue weighted by molar-refractivity contribution is 5.32. The smallest absolute Gasteiger partial charge is 0.381 e. The van der Waals surface area contributed by atoms with E-state index in [1.54, 1.807) is 6.08 Å². The van der Waals surface area contributed by atoms with Crippen molar-refractivity contribution >= 4 is 0 Å². The molecule has 0 bridgehead atoms. The van der Waals surface area contributed by atoms with Gasteiger partial charge in [0.1, 0.15) is 5.60 Å². The second-order valence-electron chi connectivity index (χ2n) is 4.29. The molecule has 4 heteroatoms. The van der Waals surface area contributed by atoms with Crippen LogP contribution >= 0.6 is 0 Å². The van der Waals surface area contributed by atoms with Crippen LogP contribution in [-0.2, 0) is 11.8 Å². The zero-order valence-corrected chi connectivity index (χ0v) is 9.17. The van der Waals surface area contributed by atoms with Crippen LogP contribution in [0, 0.1) is 0 Å². The van der Waals surface area contributed by atoms with Crippen LogP contribution in [0.25, 0.3) is 0 Å².